The van der Waals surface area contributed by atoms with Gasteiger partial charge in [0.05, 0.1) is 21.8 Å². The fourth-order valence-electron chi connectivity index (χ4n) is 3.52. The van der Waals surface area contributed by atoms with E-state index in [9.17, 15) is 10.1 Å². The Bertz CT molecular complexity index is 1510. The number of carbonyl (C=O) groups excluding carboxylic acids is 1. The van der Waals surface area contributed by atoms with Gasteiger partial charge in [0.1, 0.15) is 17.3 Å². The molecule has 0 aliphatic rings. The van der Waals surface area contributed by atoms with Crippen LogP contribution in [0.4, 0.5) is 5.69 Å². The second kappa shape index (κ2) is 10.1. The van der Waals surface area contributed by atoms with Gasteiger partial charge in [-0.15, -0.1) is 23.7 Å². The van der Waals surface area contributed by atoms with Crippen LogP contribution in [0.25, 0.3) is 33.2 Å². The average Bonchev–Trinajstić information content (AvgIpc) is 3.53. The number of halogens is 1. The van der Waals surface area contributed by atoms with E-state index in [2.05, 4.69) is 10.3 Å². The maximum Gasteiger partial charge on any atom is 0.266 e. The number of rotatable bonds is 5. The van der Waals surface area contributed by atoms with Gasteiger partial charge in [0.25, 0.3) is 5.91 Å². The molecule has 166 valence electrons. The van der Waals surface area contributed by atoms with Crippen molar-refractivity contribution in [3.05, 3.63) is 102 Å². The van der Waals surface area contributed by atoms with Crippen molar-refractivity contribution < 1.29 is 4.79 Å². The molecule has 2 aromatic carbocycles. The highest BCUT2D eigenvalue weighted by Crippen LogP contribution is 2.29. The van der Waals surface area contributed by atoms with Crippen molar-refractivity contribution in [1.82, 2.24) is 14.8 Å². The van der Waals surface area contributed by atoms with Crippen LogP contribution >= 0.6 is 23.7 Å². The predicted molar refractivity (Wildman–Crippen MR) is 138 cm³/mol. The Morgan fingerprint density at radius 2 is 1.88 bits per heavy atom. The van der Waals surface area contributed by atoms with Gasteiger partial charge in [-0.25, -0.2) is 4.68 Å². The number of hydrogen-bond donors (Lipinski definition) is 1. The standard InChI is InChI=1S/C26H17N5OS.ClH/c27-16-18(26(32)29-23-11-4-10-22-21(23)9-5-13-28-22)15-19-17-31(20-7-2-1-3-8-20)30-25(19)24-12-6-14-33-24;/h1-15,17H,(H,29,32);1H/b18-15-;. The van der Waals surface area contributed by atoms with Crippen LogP contribution in [-0.2, 0) is 4.79 Å². The van der Waals surface area contributed by atoms with Gasteiger partial charge in [-0.05, 0) is 53.9 Å². The molecule has 3 heterocycles. The first kappa shape index (κ1) is 22.9. The minimum absolute atomic E-state index is 0. The molecule has 34 heavy (non-hydrogen) atoms. The number of nitrogens with zero attached hydrogens (tertiary/aromatic N) is 4. The normalized spacial score (nSPS) is 11.0. The molecule has 0 atom stereocenters. The zero-order valence-corrected chi connectivity index (χ0v) is 19.4. The molecular formula is C26H18ClN5OS. The lowest BCUT2D eigenvalue weighted by Crippen LogP contribution is -2.13. The molecule has 1 amide bonds. The summed E-state index contributed by atoms with van der Waals surface area (Å²) in [4.78, 5) is 18.3. The summed E-state index contributed by atoms with van der Waals surface area (Å²) in [5, 5.41) is 20.1. The minimum Gasteiger partial charge on any atom is -0.321 e. The van der Waals surface area contributed by atoms with Crippen molar-refractivity contribution >= 4 is 52.3 Å². The quantitative estimate of drug-likeness (QED) is 0.241. The van der Waals surface area contributed by atoms with E-state index in [1.807, 2.05) is 84.4 Å². The Kier molecular flexibility index (Phi) is 6.83. The number of nitriles is 1. The summed E-state index contributed by atoms with van der Waals surface area (Å²) >= 11 is 1.55. The maximum atomic E-state index is 13.0. The van der Waals surface area contributed by atoms with E-state index < -0.39 is 5.91 Å². The number of anilines is 1. The summed E-state index contributed by atoms with van der Waals surface area (Å²) in [7, 11) is 0. The Labute approximate surface area is 206 Å². The number of nitrogens with one attached hydrogen (secondary N) is 1. The molecule has 0 saturated carbocycles. The number of fused-ring (bicyclic) bond motifs is 1. The largest absolute Gasteiger partial charge is 0.321 e. The van der Waals surface area contributed by atoms with Gasteiger partial charge >= 0.3 is 0 Å². The van der Waals surface area contributed by atoms with Crippen LogP contribution in [0, 0.1) is 11.3 Å². The molecule has 1 N–H and O–H groups in total. The van der Waals surface area contributed by atoms with Gasteiger partial charge in [-0.2, -0.15) is 10.4 Å². The van der Waals surface area contributed by atoms with Crippen molar-refractivity contribution in [2.45, 2.75) is 0 Å². The molecule has 0 fully saturated rings. The van der Waals surface area contributed by atoms with Crippen LogP contribution in [0.15, 0.2) is 96.1 Å². The number of carbonyl (C=O) groups is 1. The fourth-order valence-corrected chi connectivity index (χ4v) is 4.25. The zero-order chi connectivity index (χ0) is 22.6. The highest BCUT2D eigenvalue weighted by Gasteiger charge is 2.16. The summed E-state index contributed by atoms with van der Waals surface area (Å²) < 4.78 is 1.75. The van der Waals surface area contributed by atoms with Gasteiger partial charge in [0.15, 0.2) is 0 Å². The van der Waals surface area contributed by atoms with Crippen LogP contribution < -0.4 is 5.32 Å². The molecule has 8 heteroatoms. The highest BCUT2D eigenvalue weighted by atomic mass is 35.5. The van der Waals surface area contributed by atoms with Crippen molar-refractivity contribution in [3.63, 3.8) is 0 Å². The minimum atomic E-state index is -0.488. The lowest BCUT2D eigenvalue weighted by atomic mass is 10.1. The molecule has 5 aromatic rings. The van der Waals surface area contributed by atoms with Gasteiger partial charge in [0, 0.05) is 23.3 Å². The van der Waals surface area contributed by atoms with Gasteiger partial charge in [-0.3, -0.25) is 9.78 Å². The highest BCUT2D eigenvalue weighted by molar-refractivity contribution is 7.13. The SMILES string of the molecule is Cl.N#C/C(=C/c1cn(-c2ccccc2)nc1-c1cccs1)C(=O)Nc1cccc2ncccc12. The Morgan fingerprint density at radius 1 is 1.03 bits per heavy atom. The summed E-state index contributed by atoms with van der Waals surface area (Å²) in [6.07, 6.45) is 5.11. The van der Waals surface area contributed by atoms with Crippen molar-refractivity contribution in [2.75, 3.05) is 5.32 Å². The Balaban J connectivity index is 0.00000274. The second-order valence-corrected chi connectivity index (χ2v) is 8.14. The van der Waals surface area contributed by atoms with Gasteiger partial charge in [0.2, 0.25) is 0 Å². The molecule has 0 bridgehead atoms. The van der Waals surface area contributed by atoms with Crippen LogP contribution in [0.1, 0.15) is 5.56 Å². The van der Waals surface area contributed by atoms with E-state index in [1.165, 1.54) is 0 Å². The van der Waals surface area contributed by atoms with Gasteiger partial charge < -0.3 is 5.32 Å². The summed E-state index contributed by atoms with van der Waals surface area (Å²) in [5.74, 6) is -0.488. The third-order valence-corrected chi connectivity index (χ3v) is 5.95. The van der Waals surface area contributed by atoms with Gasteiger partial charge in [-0.1, -0.05) is 30.3 Å². The van der Waals surface area contributed by atoms with E-state index in [1.54, 1.807) is 34.4 Å². The molecule has 0 unspecified atom stereocenters. The lowest BCUT2D eigenvalue weighted by molar-refractivity contribution is -0.112. The number of amides is 1. The van der Waals surface area contributed by atoms with E-state index >= 15 is 0 Å². The fraction of sp³-hybridized carbons (Fsp3) is 0. The maximum absolute atomic E-state index is 13.0. The van der Waals surface area contributed by atoms with E-state index in [0.29, 0.717) is 16.9 Å². The smallest absolute Gasteiger partial charge is 0.266 e. The molecular weight excluding hydrogens is 466 g/mol. The number of thiophene rings is 1. The summed E-state index contributed by atoms with van der Waals surface area (Å²) in [6, 6.07) is 24.8. The predicted octanol–water partition coefficient (Wildman–Crippen LogP) is 6.12. The first-order valence-corrected chi connectivity index (χ1v) is 11.1. The third kappa shape index (κ3) is 4.59. The number of pyridine rings is 1. The molecule has 0 aliphatic heterocycles. The topological polar surface area (TPSA) is 83.6 Å². The van der Waals surface area contributed by atoms with E-state index in [4.69, 9.17) is 5.10 Å². The molecule has 5 rings (SSSR count). The number of aromatic nitrogens is 3. The van der Waals surface area contributed by atoms with E-state index in [0.717, 1.165) is 21.5 Å². The lowest BCUT2D eigenvalue weighted by Gasteiger charge is -2.07. The van der Waals surface area contributed by atoms with Crippen LogP contribution in [0.3, 0.4) is 0 Å². The summed E-state index contributed by atoms with van der Waals surface area (Å²) in [6.45, 7) is 0. The summed E-state index contributed by atoms with van der Waals surface area (Å²) in [5.41, 5.74) is 3.64. The van der Waals surface area contributed by atoms with Crippen LogP contribution in [0.2, 0.25) is 0 Å². The van der Waals surface area contributed by atoms with Crippen LogP contribution in [-0.4, -0.2) is 20.7 Å². The molecule has 0 saturated heterocycles. The number of para-hydroxylation sites is 1. The molecule has 0 aliphatic carbocycles. The number of hydrogen-bond acceptors (Lipinski definition) is 5. The first-order valence-electron chi connectivity index (χ1n) is 10.2. The number of benzene rings is 2. The molecule has 0 radical (unpaired) electrons. The molecule has 3 aromatic heterocycles. The second-order valence-electron chi connectivity index (χ2n) is 7.19. The van der Waals surface area contributed by atoms with Crippen molar-refractivity contribution in [1.29, 1.82) is 5.26 Å². The molecule has 6 nitrogen and oxygen atoms in total. The Morgan fingerprint density at radius 3 is 2.65 bits per heavy atom. The first-order chi connectivity index (χ1) is 16.2. The third-order valence-electron chi connectivity index (χ3n) is 5.08. The zero-order valence-electron chi connectivity index (χ0n) is 17.8. The monoisotopic (exact) mass is 483 g/mol. The van der Waals surface area contributed by atoms with Crippen molar-refractivity contribution in [3.8, 4) is 22.3 Å². The average molecular weight is 484 g/mol. The molecule has 0 spiro atoms. The Hall–Kier alpha value is -4.25. The van der Waals surface area contributed by atoms with Crippen LogP contribution in [0.5, 0.6) is 0 Å². The van der Waals surface area contributed by atoms with E-state index in [-0.39, 0.29) is 18.0 Å². The van der Waals surface area contributed by atoms with Crippen molar-refractivity contribution in [2.24, 2.45) is 0 Å².